The molecule has 0 fully saturated rings. The molecule has 0 aliphatic heterocycles. The molecule has 0 saturated heterocycles. The van der Waals surface area contributed by atoms with Crippen LogP contribution in [-0.2, 0) is 16.6 Å². The summed E-state index contributed by atoms with van der Waals surface area (Å²) in [6.07, 6.45) is 3.11. The summed E-state index contributed by atoms with van der Waals surface area (Å²) in [6.45, 7) is 1.64. The molecule has 0 atom stereocenters. The van der Waals surface area contributed by atoms with Gasteiger partial charge in [0.1, 0.15) is 10.7 Å². The Morgan fingerprint density at radius 1 is 1.40 bits per heavy atom. The molecule has 2 rings (SSSR count). The minimum atomic E-state index is -3.96. The van der Waals surface area contributed by atoms with Crippen molar-refractivity contribution in [1.29, 1.82) is 0 Å². The summed E-state index contributed by atoms with van der Waals surface area (Å²) in [4.78, 5) is 3.42. The molecule has 0 radical (unpaired) electrons. The molecule has 0 bridgehead atoms. The van der Waals surface area contributed by atoms with Crippen LogP contribution >= 0.6 is 0 Å². The van der Waals surface area contributed by atoms with Gasteiger partial charge in [0.15, 0.2) is 0 Å². The molecule has 1 aromatic carbocycles. The number of anilines is 1. The van der Waals surface area contributed by atoms with Gasteiger partial charge in [-0.3, -0.25) is 4.98 Å². The van der Waals surface area contributed by atoms with Gasteiger partial charge in [-0.25, -0.2) is 17.5 Å². The fourth-order valence-electron chi connectivity index (χ4n) is 1.63. The Morgan fingerprint density at radius 3 is 2.80 bits per heavy atom. The zero-order valence-electron chi connectivity index (χ0n) is 10.8. The second-order valence-electron chi connectivity index (χ2n) is 4.33. The highest BCUT2D eigenvalue weighted by Gasteiger charge is 2.20. The number of nitrogens with zero attached hydrogens (tertiary/aromatic N) is 1. The normalized spacial score (nSPS) is 11.5. The number of nitrogen functional groups attached to an aromatic ring is 1. The molecule has 20 heavy (non-hydrogen) atoms. The van der Waals surface area contributed by atoms with Crippen molar-refractivity contribution in [2.24, 2.45) is 0 Å². The maximum atomic E-state index is 13.8. The Hall–Kier alpha value is -1.99. The van der Waals surface area contributed by atoms with Crippen LogP contribution in [0.5, 0.6) is 0 Å². The van der Waals surface area contributed by atoms with E-state index in [1.807, 2.05) is 0 Å². The number of sulfonamides is 1. The fraction of sp³-hybridized carbons (Fsp3) is 0.154. The van der Waals surface area contributed by atoms with Crippen molar-refractivity contribution in [3.8, 4) is 0 Å². The molecule has 0 aliphatic rings. The zero-order chi connectivity index (χ0) is 14.8. The van der Waals surface area contributed by atoms with E-state index in [0.717, 1.165) is 12.1 Å². The molecule has 1 heterocycles. The van der Waals surface area contributed by atoms with E-state index >= 15 is 0 Å². The third-order valence-corrected chi connectivity index (χ3v) is 4.22. The first-order chi connectivity index (χ1) is 9.40. The molecule has 0 spiro atoms. The topological polar surface area (TPSA) is 85.1 Å². The third-order valence-electron chi connectivity index (χ3n) is 2.80. The van der Waals surface area contributed by atoms with E-state index in [-0.39, 0.29) is 12.2 Å². The largest absolute Gasteiger partial charge is 0.398 e. The van der Waals surface area contributed by atoms with Crippen LogP contribution in [0.1, 0.15) is 11.1 Å². The zero-order valence-corrected chi connectivity index (χ0v) is 11.6. The summed E-state index contributed by atoms with van der Waals surface area (Å²) >= 11 is 0. The van der Waals surface area contributed by atoms with Crippen molar-refractivity contribution in [2.75, 3.05) is 5.73 Å². The van der Waals surface area contributed by atoms with Crippen molar-refractivity contribution in [1.82, 2.24) is 9.71 Å². The minimum Gasteiger partial charge on any atom is -0.398 e. The van der Waals surface area contributed by atoms with Crippen molar-refractivity contribution >= 4 is 15.7 Å². The molecule has 106 valence electrons. The van der Waals surface area contributed by atoms with E-state index < -0.39 is 20.7 Å². The fourth-order valence-corrected chi connectivity index (χ4v) is 2.74. The monoisotopic (exact) mass is 295 g/mol. The lowest BCUT2D eigenvalue weighted by molar-refractivity contribution is 0.556. The highest BCUT2D eigenvalue weighted by molar-refractivity contribution is 7.89. The van der Waals surface area contributed by atoms with Crippen molar-refractivity contribution in [2.45, 2.75) is 18.4 Å². The maximum absolute atomic E-state index is 13.8. The van der Waals surface area contributed by atoms with Gasteiger partial charge in [-0.2, -0.15) is 0 Å². The first-order valence-corrected chi connectivity index (χ1v) is 7.32. The Kier molecular flexibility index (Phi) is 4.01. The van der Waals surface area contributed by atoms with Crippen LogP contribution in [0.2, 0.25) is 0 Å². The lowest BCUT2D eigenvalue weighted by Gasteiger charge is -2.09. The first kappa shape index (κ1) is 14.4. The highest BCUT2D eigenvalue weighted by Crippen LogP contribution is 2.21. The lowest BCUT2D eigenvalue weighted by Crippen LogP contribution is -2.24. The van der Waals surface area contributed by atoms with E-state index in [1.54, 1.807) is 25.3 Å². The van der Waals surface area contributed by atoms with Crippen LogP contribution in [0.3, 0.4) is 0 Å². The molecule has 0 saturated carbocycles. The van der Waals surface area contributed by atoms with Gasteiger partial charge in [0, 0.05) is 24.6 Å². The quantitative estimate of drug-likeness (QED) is 0.839. The number of benzene rings is 1. The van der Waals surface area contributed by atoms with E-state index in [0.29, 0.717) is 11.1 Å². The predicted octanol–water partition coefficient (Wildman–Crippen LogP) is 1.59. The highest BCUT2D eigenvalue weighted by atomic mass is 32.2. The second-order valence-corrected chi connectivity index (χ2v) is 6.06. The van der Waals surface area contributed by atoms with Gasteiger partial charge in [-0.15, -0.1) is 0 Å². The van der Waals surface area contributed by atoms with Gasteiger partial charge in [-0.1, -0.05) is 6.07 Å². The van der Waals surface area contributed by atoms with Gasteiger partial charge in [0.05, 0.1) is 0 Å². The summed E-state index contributed by atoms with van der Waals surface area (Å²) in [7, 11) is -3.96. The standard InChI is InChI=1S/C13H14FN3O2S/c1-9-5-11(14)13(6-12(9)15)20(18,19)17-8-10-3-2-4-16-7-10/h2-7,17H,8,15H2,1H3. The number of hydrogen-bond donors (Lipinski definition) is 2. The molecule has 0 aliphatic carbocycles. The van der Waals surface area contributed by atoms with E-state index in [9.17, 15) is 12.8 Å². The molecule has 7 heteroatoms. The van der Waals surface area contributed by atoms with E-state index in [2.05, 4.69) is 9.71 Å². The Bertz CT molecular complexity index is 718. The number of aryl methyl sites for hydroxylation is 1. The van der Waals surface area contributed by atoms with Crippen molar-refractivity contribution in [3.63, 3.8) is 0 Å². The van der Waals surface area contributed by atoms with Crippen LogP contribution < -0.4 is 10.5 Å². The number of rotatable bonds is 4. The number of nitrogens with one attached hydrogen (secondary N) is 1. The summed E-state index contributed by atoms with van der Waals surface area (Å²) in [5.74, 6) is -0.824. The Balaban J connectivity index is 2.25. The molecule has 0 unspecified atom stereocenters. The second kappa shape index (κ2) is 5.56. The third kappa shape index (κ3) is 3.12. The van der Waals surface area contributed by atoms with Crippen LogP contribution in [0.25, 0.3) is 0 Å². The number of pyridine rings is 1. The Labute approximate surface area is 116 Å². The summed E-state index contributed by atoms with van der Waals surface area (Å²) < 4.78 is 40.2. The molecule has 2 aromatic rings. The molecule has 5 nitrogen and oxygen atoms in total. The Morgan fingerprint density at radius 2 is 2.15 bits per heavy atom. The van der Waals surface area contributed by atoms with Crippen LogP contribution in [0, 0.1) is 12.7 Å². The molecular formula is C13H14FN3O2S. The van der Waals surface area contributed by atoms with Gasteiger partial charge >= 0.3 is 0 Å². The molecular weight excluding hydrogens is 281 g/mol. The minimum absolute atomic E-state index is 0.0311. The number of aromatic nitrogens is 1. The van der Waals surface area contributed by atoms with Gasteiger partial charge in [0.25, 0.3) is 0 Å². The van der Waals surface area contributed by atoms with Gasteiger partial charge in [-0.05, 0) is 36.2 Å². The predicted molar refractivity (Wildman–Crippen MR) is 73.8 cm³/mol. The van der Waals surface area contributed by atoms with Crippen molar-refractivity contribution in [3.05, 3.63) is 53.6 Å². The lowest BCUT2D eigenvalue weighted by atomic mass is 10.2. The van der Waals surface area contributed by atoms with E-state index in [1.165, 1.54) is 6.20 Å². The van der Waals surface area contributed by atoms with E-state index in [4.69, 9.17) is 5.73 Å². The van der Waals surface area contributed by atoms with Gasteiger partial charge < -0.3 is 5.73 Å². The van der Waals surface area contributed by atoms with Crippen LogP contribution in [0.15, 0.2) is 41.6 Å². The average Bonchev–Trinajstić information content (AvgIpc) is 2.42. The smallest absolute Gasteiger partial charge is 0.243 e. The van der Waals surface area contributed by atoms with Gasteiger partial charge in [0.2, 0.25) is 10.0 Å². The summed E-state index contributed by atoms with van der Waals surface area (Å²) in [6, 6.07) is 5.63. The number of nitrogens with two attached hydrogens (primary N) is 1. The maximum Gasteiger partial charge on any atom is 0.243 e. The SMILES string of the molecule is Cc1cc(F)c(S(=O)(=O)NCc2cccnc2)cc1N. The van der Waals surface area contributed by atoms with Crippen LogP contribution in [0.4, 0.5) is 10.1 Å². The molecule has 0 amide bonds. The summed E-state index contributed by atoms with van der Waals surface area (Å²) in [5.41, 5.74) is 7.03. The molecule has 1 aromatic heterocycles. The van der Waals surface area contributed by atoms with Crippen molar-refractivity contribution < 1.29 is 12.8 Å². The first-order valence-electron chi connectivity index (χ1n) is 5.84. The van der Waals surface area contributed by atoms with Crippen LogP contribution in [-0.4, -0.2) is 13.4 Å². The molecule has 3 N–H and O–H groups in total. The number of halogens is 1. The summed E-state index contributed by atoms with van der Waals surface area (Å²) in [5, 5.41) is 0. The average molecular weight is 295 g/mol. The number of hydrogen-bond acceptors (Lipinski definition) is 4.